The van der Waals surface area contributed by atoms with E-state index in [0.29, 0.717) is 5.41 Å². The second-order valence-corrected chi connectivity index (χ2v) is 5.21. The molecule has 0 amide bonds. The number of rotatable bonds is 5. The van der Waals surface area contributed by atoms with Crippen molar-refractivity contribution in [1.29, 1.82) is 0 Å². The molecule has 1 aliphatic carbocycles. The first-order chi connectivity index (χ1) is 7.13. The minimum atomic E-state index is 0.307. The molecule has 0 spiro atoms. The van der Waals surface area contributed by atoms with Crippen molar-refractivity contribution in [2.45, 2.75) is 65.7 Å². The number of unbranched alkanes of at least 4 members (excludes halogenated alkanes) is 1. The highest BCUT2D eigenvalue weighted by atomic mass is 16.1. The third-order valence-corrected chi connectivity index (χ3v) is 3.98. The minimum Gasteiger partial charge on any atom is -0.303 e. The number of hydrogen-bond acceptors (Lipinski definition) is 1. The fourth-order valence-corrected chi connectivity index (χ4v) is 2.69. The van der Waals surface area contributed by atoms with E-state index in [1.54, 1.807) is 5.57 Å². The summed E-state index contributed by atoms with van der Waals surface area (Å²) in [4.78, 5) is 10.8. The van der Waals surface area contributed by atoms with Gasteiger partial charge in [-0.25, -0.2) is 0 Å². The van der Waals surface area contributed by atoms with Crippen molar-refractivity contribution >= 4 is 6.29 Å². The van der Waals surface area contributed by atoms with E-state index in [9.17, 15) is 4.79 Å². The summed E-state index contributed by atoms with van der Waals surface area (Å²) in [6.45, 7) is 6.70. The lowest BCUT2D eigenvalue weighted by Crippen LogP contribution is -2.25. The Morgan fingerprint density at radius 1 is 1.33 bits per heavy atom. The molecule has 0 radical (unpaired) electrons. The van der Waals surface area contributed by atoms with E-state index in [-0.39, 0.29) is 0 Å². The molecule has 1 heteroatoms. The predicted molar refractivity (Wildman–Crippen MR) is 64.9 cm³/mol. The van der Waals surface area contributed by atoms with Crippen LogP contribution in [0.2, 0.25) is 0 Å². The fraction of sp³-hybridized carbons (Fsp3) is 0.786. The maximum absolute atomic E-state index is 10.8. The first-order valence-corrected chi connectivity index (χ1v) is 6.22. The molecule has 0 aromatic rings. The van der Waals surface area contributed by atoms with Crippen LogP contribution in [0.1, 0.15) is 65.7 Å². The standard InChI is InChI=1S/C14H24O/c1-4-5-7-14(9-10-15)8-6-12(2)13(3)11-14/h10H,4-9,11H2,1-3H3/t14-/m0/s1. The van der Waals surface area contributed by atoms with Gasteiger partial charge in [-0.15, -0.1) is 0 Å². The fourth-order valence-electron chi connectivity index (χ4n) is 2.69. The lowest BCUT2D eigenvalue weighted by Gasteiger charge is -2.37. The maximum atomic E-state index is 10.8. The van der Waals surface area contributed by atoms with Crippen LogP contribution in [0, 0.1) is 5.41 Å². The Balaban J connectivity index is 2.71. The summed E-state index contributed by atoms with van der Waals surface area (Å²) in [6, 6.07) is 0. The molecule has 0 N–H and O–H groups in total. The van der Waals surface area contributed by atoms with Crippen molar-refractivity contribution < 1.29 is 4.79 Å². The maximum Gasteiger partial charge on any atom is 0.120 e. The van der Waals surface area contributed by atoms with Crippen molar-refractivity contribution in [2.24, 2.45) is 5.41 Å². The zero-order valence-electron chi connectivity index (χ0n) is 10.4. The minimum absolute atomic E-state index is 0.307. The third kappa shape index (κ3) is 3.19. The SMILES string of the molecule is CCCC[C@@]1(CC=O)CCC(C)=C(C)C1. The van der Waals surface area contributed by atoms with Gasteiger partial charge in [0, 0.05) is 6.42 Å². The van der Waals surface area contributed by atoms with Gasteiger partial charge in [-0.05, 0) is 44.9 Å². The molecule has 0 aromatic heterocycles. The number of hydrogen-bond donors (Lipinski definition) is 0. The second kappa shape index (κ2) is 5.48. The quantitative estimate of drug-likeness (QED) is 0.487. The molecular formula is C14H24O. The van der Waals surface area contributed by atoms with Crippen LogP contribution < -0.4 is 0 Å². The monoisotopic (exact) mass is 208 g/mol. The van der Waals surface area contributed by atoms with Crippen molar-refractivity contribution in [3.63, 3.8) is 0 Å². The Hall–Kier alpha value is -0.590. The molecule has 15 heavy (non-hydrogen) atoms. The zero-order chi connectivity index (χ0) is 11.3. The summed E-state index contributed by atoms with van der Waals surface area (Å²) in [5.74, 6) is 0. The normalized spacial score (nSPS) is 26.9. The van der Waals surface area contributed by atoms with Gasteiger partial charge in [0.05, 0.1) is 0 Å². The van der Waals surface area contributed by atoms with Gasteiger partial charge in [-0.3, -0.25) is 0 Å². The molecular weight excluding hydrogens is 184 g/mol. The summed E-state index contributed by atoms with van der Waals surface area (Å²) >= 11 is 0. The van der Waals surface area contributed by atoms with E-state index >= 15 is 0 Å². The number of allylic oxidation sites excluding steroid dienone is 2. The van der Waals surface area contributed by atoms with Crippen LogP contribution in [0.15, 0.2) is 11.1 Å². The van der Waals surface area contributed by atoms with Gasteiger partial charge in [-0.2, -0.15) is 0 Å². The molecule has 1 atom stereocenters. The van der Waals surface area contributed by atoms with Gasteiger partial charge < -0.3 is 4.79 Å². The molecule has 1 aliphatic rings. The third-order valence-electron chi connectivity index (χ3n) is 3.98. The Morgan fingerprint density at radius 2 is 2.07 bits per heavy atom. The van der Waals surface area contributed by atoms with Gasteiger partial charge in [0.25, 0.3) is 0 Å². The largest absolute Gasteiger partial charge is 0.303 e. The van der Waals surface area contributed by atoms with E-state index in [1.165, 1.54) is 37.7 Å². The van der Waals surface area contributed by atoms with Gasteiger partial charge in [-0.1, -0.05) is 30.9 Å². The van der Waals surface area contributed by atoms with Gasteiger partial charge in [0.15, 0.2) is 0 Å². The van der Waals surface area contributed by atoms with Gasteiger partial charge in [0.1, 0.15) is 6.29 Å². The Bertz CT molecular complexity index is 252. The summed E-state index contributed by atoms with van der Waals surface area (Å²) in [6.07, 6.45) is 9.19. The van der Waals surface area contributed by atoms with E-state index < -0.39 is 0 Å². The van der Waals surface area contributed by atoms with E-state index in [0.717, 1.165) is 19.1 Å². The average molecular weight is 208 g/mol. The van der Waals surface area contributed by atoms with E-state index in [4.69, 9.17) is 0 Å². The molecule has 0 heterocycles. The molecule has 86 valence electrons. The van der Waals surface area contributed by atoms with Crippen LogP contribution in [0.3, 0.4) is 0 Å². The smallest absolute Gasteiger partial charge is 0.120 e. The molecule has 0 aliphatic heterocycles. The highest BCUT2D eigenvalue weighted by molar-refractivity contribution is 5.51. The molecule has 0 bridgehead atoms. The van der Waals surface area contributed by atoms with Crippen LogP contribution in [-0.4, -0.2) is 6.29 Å². The molecule has 1 rings (SSSR count). The first kappa shape index (κ1) is 12.5. The summed E-state index contributed by atoms with van der Waals surface area (Å²) in [7, 11) is 0. The van der Waals surface area contributed by atoms with Gasteiger partial charge >= 0.3 is 0 Å². The van der Waals surface area contributed by atoms with Crippen molar-refractivity contribution in [1.82, 2.24) is 0 Å². The van der Waals surface area contributed by atoms with E-state index in [1.807, 2.05) is 0 Å². The predicted octanol–water partition coefficient (Wildman–Crippen LogP) is 4.27. The number of aldehydes is 1. The highest BCUT2D eigenvalue weighted by Crippen LogP contribution is 2.44. The Morgan fingerprint density at radius 3 is 2.60 bits per heavy atom. The summed E-state index contributed by atoms with van der Waals surface area (Å²) in [5.41, 5.74) is 3.38. The molecule has 0 saturated heterocycles. The van der Waals surface area contributed by atoms with E-state index in [2.05, 4.69) is 20.8 Å². The van der Waals surface area contributed by atoms with Crippen LogP contribution >= 0.6 is 0 Å². The van der Waals surface area contributed by atoms with Crippen LogP contribution in [0.5, 0.6) is 0 Å². The Labute approximate surface area is 93.9 Å². The van der Waals surface area contributed by atoms with Gasteiger partial charge in [0.2, 0.25) is 0 Å². The van der Waals surface area contributed by atoms with Crippen LogP contribution in [0.25, 0.3) is 0 Å². The topological polar surface area (TPSA) is 17.1 Å². The molecule has 0 unspecified atom stereocenters. The number of carbonyl (C=O) groups is 1. The zero-order valence-corrected chi connectivity index (χ0v) is 10.4. The van der Waals surface area contributed by atoms with Crippen LogP contribution in [-0.2, 0) is 4.79 Å². The number of carbonyl (C=O) groups excluding carboxylic acids is 1. The molecule has 0 aromatic carbocycles. The first-order valence-electron chi connectivity index (χ1n) is 6.22. The average Bonchev–Trinajstić information content (AvgIpc) is 2.22. The van der Waals surface area contributed by atoms with Crippen molar-refractivity contribution in [2.75, 3.05) is 0 Å². The summed E-state index contributed by atoms with van der Waals surface area (Å²) in [5, 5.41) is 0. The lowest BCUT2D eigenvalue weighted by molar-refractivity contribution is -0.110. The molecule has 0 saturated carbocycles. The van der Waals surface area contributed by atoms with Crippen molar-refractivity contribution in [3.8, 4) is 0 Å². The molecule has 0 fully saturated rings. The summed E-state index contributed by atoms with van der Waals surface area (Å²) < 4.78 is 0. The molecule has 1 nitrogen and oxygen atoms in total. The van der Waals surface area contributed by atoms with Crippen molar-refractivity contribution in [3.05, 3.63) is 11.1 Å². The highest BCUT2D eigenvalue weighted by Gasteiger charge is 2.32. The second-order valence-electron chi connectivity index (χ2n) is 5.21. The lowest BCUT2D eigenvalue weighted by atomic mass is 9.67. The Kier molecular flexibility index (Phi) is 4.56. The van der Waals surface area contributed by atoms with Crippen LogP contribution in [0.4, 0.5) is 0 Å².